The van der Waals surface area contributed by atoms with Crippen LogP contribution in [0.5, 0.6) is 11.6 Å². The van der Waals surface area contributed by atoms with Crippen LogP contribution >= 0.6 is 0 Å². The first-order chi connectivity index (χ1) is 9.38. The van der Waals surface area contributed by atoms with Gasteiger partial charge in [-0.05, 0) is 30.0 Å². The molecule has 2 aromatic rings. The van der Waals surface area contributed by atoms with E-state index in [0.29, 0.717) is 17.5 Å². The lowest BCUT2D eigenvalue weighted by Crippen LogP contribution is -2.10. The topological polar surface area (TPSA) is 73.1 Å². The molecule has 1 aromatic carbocycles. The SMILES string of the molecule is Cc1nc(NN)cc(Oc2ccc(C(C)(C)C)cc2)n1. The Hall–Kier alpha value is -2.14. The molecule has 0 amide bonds. The number of nitrogens with one attached hydrogen (secondary N) is 1. The minimum atomic E-state index is 0.126. The maximum absolute atomic E-state index is 5.72. The van der Waals surface area contributed by atoms with Gasteiger partial charge in [0.25, 0.3) is 0 Å². The molecule has 0 aliphatic heterocycles. The number of benzene rings is 1. The van der Waals surface area contributed by atoms with E-state index in [-0.39, 0.29) is 5.41 Å². The Morgan fingerprint density at radius 3 is 2.30 bits per heavy atom. The third kappa shape index (κ3) is 3.45. The van der Waals surface area contributed by atoms with Crippen LogP contribution in [0, 0.1) is 6.92 Å². The highest BCUT2D eigenvalue weighted by molar-refractivity contribution is 5.39. The quantitative estimate of drug-likeness (QED) is 0.663. The zero-order valence-electron chi connectivity index (χ0n) is 12.3. The van der Waals surface area contributed by atoms with Crippen molar-refractivity contribution >= 4 is 5.82 Å². The number of aryl methyl sites for hydroxylation is 1. The van der Waals surface area contributed by atoms with Crippen LogP contribution < -0.4 is 16.0 Å². The van der Waals surface area contributed by atoms with Crippen LogP contribution in [0.1, 0.15) is 32.2 Å². The highest BCUT2D eigenvalue weighted by Gasteiger charge is 2.13. The average Bonchev–Trinajstić information content (AvgIpc) is 2.37. The summed E-state index contributed by atoms with van der Waals surface area (Å²) in [5, 5.41) is 0. The summed E-state index contributed by atoms with van der Waals surface area (Å²) in [7, 11) is 0. The summed E-state index contributed by atoms with van der Waals surface area (Å²) in [6.45, 7) is 8.32. The van der Waals surface area contributed by atoms with E-state index in [1.54, 1.807) is 13.0 Å². The molecular formula is C15H20N4O. The van der Waals surface area contributed by atoms with Crippen LogP contribution in [-0.4, -0.2) is 9.97 Å². The molecule has 0 fully saturated rings. The van der Waals surface area contributed by atoms with Gasteiger partial charge in [0.1, 0.15) is 17.4 Å². The van der Waals surface area contributed by atoms with Crippen molar-refractivity contribution in [3.05, 3.63) is 41.7 Å². The van der Waals surface area contributed by atoms with Crippen molar-refractivity contribution in [2.75, 3.05) is 5.43 Å². The fourth-order valence-electron chi connectivity index (χ4n) is 1.81. The van der Waals surface area contributed by atoms with Gasteiger partial charge in [-0.2, -0.15) is 4.98 Å². The smallest absolute Gasteiger partial charge is 0.224 e. The van der Waals surface area contributed by atoms with Crippen molar-refractivity contribution in [3.63, 3.8) is 0 Å². The second-order valence-corrected chi connectivity index (χ2v) is 5.66. The van der Waals surface area contributed by atoms with Crippen molar-refractivity contribution in [2.45, 2.75) is 33.1 Å². The Labute approximate surface area is 119 Å². The highest BCUT2D eigenvalue weighted by Crippen LogP contribution is 2.26. The summed E-state index contributed by atoms with van der Waals surface area (Å²) in [5.74, 6) is 7.68. The number of nitrogen functional groups attached to an aromatic ring is 1. The lowest BCUT2D eigenvalue weighted by molar-refractivity contribution is 0.459. The molecule has 0 saturated carbocycles. The van der Waals surface area contributed by atoms with Crippen molar-refractivity contribution in [1.29, 1.82) is 0 Å². The molecule has 3 N–H and O–H groups in total. The van der Waals surface area contributed by atoms with Crippen molar-refractivity contribution < 1.29 is 4.74 Å². The number of hydrazine groups is 1. The number of nitrogens with two attached hydrogens (primary N) is 1. The van der Waals surface area contributed by atoms with Crippen LogP contribution in [0.2, 0.25) is 0 Å². The molecule has 5 nitrogen and oxygen atoms in total. The van der Waals surface area contributed by atoms with Gasteiger partial charge in [0.2, 0.25) is 5.88 Å². The third-order valence-corrected chi connectivity index (χ3v) is 2.91. The molecule has 0 aliphatic carbocycles. The van der Waals surface area contributed by atoms with Gasteiger partial charge in [0, 0.05) is 6.07 Å². The minimum absolute atomic E-state index is 0.126. The zero-order chi connectivity index (χ0) is 14.8. The number of aromatic nitrogens is 2. The molecular weight excluding hydrogens is 252 g/mol. The van der Waals surface area contributed by atoms with Gasteiger partial charge in [-0.15, -0.1) is 0 Å². The number of ether oxygens (including phenoxy) is 1. The van der Waals surface area contributed by atoms with Gasteiger partial charge in [0.05, 0.1) is 0 Å². The Kier molecular flexibility index (Phi) is 3.90. The zero-order valence-corrected chi connectivity index (χ0v) is 12.3. The molecule has 1 aromatic heterocycles. The predicted octanol–water partition coefficient (Wildman–Crippen LogP) is 3.16. The van der Waals surface area contributed by atoms with Gasteiger partial charge in [0.15, 0.2) is 0 Å². The van der Waals surface area contributed by atoms with Crippen LogP contribution in [-0.2, 0) is 5.41 Å². The maximum Gasteiger partial charge on any atom is 0.224 e. The van der Waals surface area contributed by atoms with Crippen LogP contribution in [0.3, 0.4) is 0 Å². The van der Waals surface area contributed by atoms with Crippen molar-refractivity contribution in [2.24, 2.45) is 5.84 Å². The molecule has 106 valence electrons. The van der Waals surface area contributed by atoms with Gasteiger partial charge >= 0.3 is 0 Å². The number of anilines is 1. The van der Waals surface area contributed by atoms with Crippen LogP contribution in [0.15, 0.2) is 30.3 Å². The Morgan fingerprint density at radius 2 is 1.75 bits per heavy atom. The number of hydrogen-bond donors (Lipinski definition) is 2. The van der Waals surface area contributed by atoms with E-state index < -0.39 is 0 Å². The van der Waals surface area contributed by atoms with E-state index >= 15 is 0 Å². The molecule has 0 spiro atoms. The molecule has 0 saturated heterocycles. The molecule has 5 heteroatoms. The van der Waals surface area contributed by atoms with Gasteiger partial charge in [-0.25, -0.2) is 10.8 Å². The molecule has 1 heterocycles. The van der Waals surface area contributed by atoms with E-state index in [9.17, 15) is 0 Å². The summed E-state index contributed by atoms with van der Waals surface area (Å²) < 4.78 is 5.72. The molecule has 0 bridgehead atoms. The van der Waals surface area contributed by atoms with Crippen LogP contribution in [0.25, 0.3) is 0 Å². The molecule has 20 heavy (non-hydrogen) atoms. The Bertz CT molecular complexity index is 588. The summed E-state index contributed by atoms with van der Waals surface area (Å²) in [5.41, 5.74) is 3.87. The Morgan fingerprint density at radius 1 is 1.10 bits per heavy atom. The third-order valence-electron chi connectivity index (χ3n) is 2.91. The summed E-state index contributed by atoms with van der Waals surface area (Å²) >= 11 is 0. The highest BCUT2D eigenvalue weighted by atomic mass is 16.5. The first-order valence-corrected chi connectivity index (χ1v) is 6.49. The molecule has 0 radical (unpaired) electrons. The monoisotopic (exact) mass is 272 g/mol. The normalized spacial score (nSPS) is 11.2. The fraction of sp³-hybridized carbons (Fsp3) is 0.333. The average molecular weight is 272 g/mol. The van der Waals surface area contributed by atoms with E-state index in [1.165, 1.54) is 5.56 Å². The van der Waals surface area contributed by atoms with E-state index in [1.807, 2.05) is 12.1 Å². The van der Waals surface area contributed by atoms with Gasteiger partial charge in [-0.1, -0.05) is 32.9 Å². The van der Waals surface area contributed by atoms with Crippen LogP contribution in [0.4, 0.5) is 5.82 Å². The fourth-order valence-corrected chi connectivity index (χ4v) is 1.81. The lowest BCUT2D eigenvalue weighted by atomic mass is 9.87. The summed E-state index contributed by atoms with van der Waals surface area (Å²) in [6, 6.07) is 9.66. The maximum atomic E-state index is 5.72. The molecule has 0 atom stereocenters. The first-order valence-electron chi connectivity index (χ1n) is 6.49. The number of nitrogens with zero attached hydrogens (tertiary/aromatic N) is 2. The standard InChI is InChI=1S/C15H20N4O/c1-10-17-13(19-16)9-14(18-10)20-12-7-5-11(6-8-12)15(2,3)4/h5-9H,16H2,1-4H3,(H,17,18,19). The second kappa shape index (κ2) is 5.46. The van der Waals surface area contributed by atoms with E-state index in [0.717, 1.165) is 5.75 Å². The van der Waals surface area contributed by atoms with Gasteiger partial charge in [-0.3, -0.25) is 0 Å². The molecule has 0 aliphatic rings. The van der Waals surface area contributed by atoms with Gasteiger partial charge < -0.3 is 10.2 Å². The summed E-state index contributed by atoms with van der Waals surface area (Å²) in [6.07, 6.45) is 0. The largest absolute Gasteiger partial charge is 0.439 e. The number of rotatable bonds is 3. The molecule has 2 rings (SSSR count). The van der Waals surface area contributed by atoms with Crippen molar-refractivity contribution in [3.8, 4) is 11.6 Å². The summed E-state index contributed by atoms with van der Waals surface area (Å²) in [4.78, 5) is 8.33. The second-order valence-electron chi connectivity index (χ2n) is 5.66. The molecule has 0 unspecified atom stereocenters. The number of hydrogen-bond acceptors (Lipinski definition) is 5. The Balaban J connectivity index is 2.20. The predicted molar refractivity (Wildman–Crippen MR) is 79.8 cm³/mol. The minimum Gasteiger partial charge on any atom is -0.439 e. The lowest BCUT2D eigenvalue weighted by Gasteiger charge is -2.19. The van der Waals surface area contributed by atoms with Crippen molar-refractivity contribution in [1.82, 2.24) is 9.97 Å². The first kappa shape index (κ1) is 14.3. The van der Waals surface area contributed by atoms with E-state index in [4.69, 9.17) is 10.6 Å². The van der Waals surface area contributed by atoms with E-state index in [2.05, 4.69) is 48.3 Å².